The van der Waals surface area contributed by atoms with Crippen molar-refractivity contribution < 1.29 is 5.11 Å². The molecule has 0 saturated heterocycles. The highest BCUT2D eigenvalue weighted by molar-refractivity contribution is 5.64. The van der Waals surface area contributed by atoms with Crippen LogP contribution in [0.3, 0.4) is 0 Å². The van der Waals surface area contributed by atoms with Crippen LogP contribution < -0.4 is 0 Å². The minimum atomic E-state index is 0.210. The van der Waals surface area contributed by atoms with E-state index >= 15 is 0 Å². The summed E-state index contributed by atoms with van der Waals surface area (Å²) in [6.45, 7) is 0. The first-order chi connectivity index (χ1) is 6.33. The summed E-state index contributed by atoms with van der Waals surface area (Å²) in [6, 6.07) is 7.56. The van der Waals surface area contributed by atoms with Crippen LogP contribution >= 0.6 is 0 Å². The van der Waals surface area contributed by atoms with Crippen LogP contribution in [0, 0.1) is 11.3 Å². The van der Waals surface area contributed by atoms with E-state index in [1.807, 2.05) is 34.9 Å². The fourth-order valence-electron chi connectivity index (χ4n) is 1.38. The second-order valence-electron chi connectivity index (χ2n) is 2.83. The first-order valence-corrected chi connectivity index (χ1v) is 3.97. The van der Waals surface area contributed by atoms with Crippen molar-refractivity contribution in [2.45, 2.75) is 6.42 Å². The molecule has 2 aromatic heterocycles. The van der Waals surface area contributed by atoms with E-state index < -0.39 is 0 Å². The molecule has 0 aliphatic rings. The van der Waals surface area contributed by atoms with Gasteiger partial charge in [0.15, 0.2) is 0 Å². The van der Waals surface area contributed by atoms with Gasteiger partial charge in [-0.15, -0.1) is 0 Å². The zero-order valence-electron chi connectivity index (χ0n) is 6.94. The van der Waals surface area contributed by atoms with Gasteiger partial charge < -0.3 is 9.51 Å². The highest BCUT2D eigenvalue weighted by Gasteiger charge is 2.07. The quantitative estimate of drug-likeness (QED) is 0.711. The molecule has 2 aromatic rings. The van der Waals surface area contributed by atoms with Crippen LogP contribution in [0.1, 0.15) is 5.56 Å². The van der Waals surface area contributed by atoms with Crippen molar-refractivity contribution >= 4 is 5.52 Å². The van der Waals surface area contributed by atoms with E-state index in [9.17, 15) is 5.11 Å². The SMILES string of the molecule is N#CCc1cn2ccccc2c1O. The summed E-state index contributed by atoms with van der Waals surface area (Å²) in [5.74, 6) is 0.210. The molecule has 0 unspecified atom stereocenters. The van der Waals surface area contributed by atoms with Crippen LogP contribution in [0.4, 0.5) is 0 Å². The zero-order valence-corrected chi connectivity index (χ0v) is 6.94. The van der Waals surface area contributed by atoms with E-state index in [0.717, 1.165) is 5.52 Å². The molecule has 3 nitrogen and oxygen atoms in total. The normalized spacial score (nSPS) is 10.1. The van der Waals surface area contributed by atoms with Crippen molar-refractivity contribution in [3.63, 3.8) is 0 Å². The van der Waals surface area contributed by atoms with Crippen LogP contribution in [0.25, 0.3) is 5.52 Å². The summed E-state index contributed by atoms with van der Waals surface area (Å²) >= 11 is 0. The third kappa shape index (κ3) is 1.13. The first-order valence-electron chi connectivity index (χ1n) is 3.97. The van der Waals surface area contributed by atoms with E-state index in [1.165, 1.54) is 0 Å². The van der Waals surface area contributed by atoms with Gasteiger partial charge >= 0.3 is 0 Å². The molecule has 2 rings (SSSR count). The lowest BCUT2D eigenvalue weighted by Crippen LogP contribution is -1.77. The van der Waals surface area contributed by atoms with Gasteiger partial charge in [-0.2, -0.15) is 5.26 Å². The van der Waals surface area contributed by atoms with E-state index in [2.05, 4.69) is 0 Å². The van der Waals surface area contributed by atoms with Crippen molar-refractivity contribution in [3.8, 4) is 11.8 Å². The lowest BCUT2D eigenvalue weighted by Gasteiger charge is -1.91. The number of hydrogen-bond donors (Lipinski definition) is 1. The minimum Gasteiger partial charge on any atom is -0.505 e. The molecule has 13 heavy (non-hydrogen) atoms. The summed E-state index contributed by atoms with van der Waals surface area (Å²) in [6.07, 6.45) is 3.86. The molecule has 0 bridgehead atoms. The van der Waals surface area contributed by atoms with Crippen molar-refractivity contribution in [2.75, 3.05) is 0 Å². The molecule has 0 aliphatic heterocycles. The smallest absolute Gasteiger partial charge is 0.145 e. The van der Waals surface area contributed by atoms with Crippen LogP contribution in [0.5, 0.6) is 5.75 Å². The molecule has 0 fully saturated rings. The molecule has 0 aromatic carbocycles. The van der Waals surface area contributed by atoms with E-state index in [-0.39, 0.29) is 12.2 Å². The number of aromatic nitrogens is 1. The topological polar surface area (TPSA) is 48.4 Å². The van der Waals surface area contributed by atoms with Gasteiger partial charge in [0.2, 0.25) is 0 Å². The molecule has 0 spiro atoms. The predicted molar refractivity (Wildman–Crippen MR) is 48.4 cm³/mol. The molecule has 3 heteroatoms. The average molecular weight is 172 g/mol. The Labute approximate surface area is 75.5 Å². The van der Waals surface area contributed by atoms with Gasteiger partial charge in [0.25, 0.3) is 0 Å². The Morgan fingerprint density at radius 3 is 3.00 bits per heavy atom. The minimum absolute atomic E-state index is 0.210. The van der Waals surface area contributed by atoms with Crippen LogP contribution in [-0.2, 0) is 6.42 Å². The maximum absolute atomic E-state index is 9.65. The number of aromatic hydroxyl groups is 1. The molecular formula is C10H8N2O. The van der Waals surface area contributed by atoms with Crippen LogP contribution in [-0.4, -0.2) is 9.51 Å². The molecule has 0 aliphatic carbocycles. The maximum atomic E-state index is 9.65. The van der Waals surface area contributed by atoms with Crippen molar-refractivity contribution in [1.29, 1.82) is 5.26 Å². The Morgan fingerprint density at radius 2 is 2.31 bits per heavy atom. The van der Waals surface area contributed by atoms with Crippen molar-refractivity contribution in [1.82, 2.24) is 4.40 Å². The Morgan fingerprint density at radius 1 is 1.46 bits per heavy atom. The lowest BCUT2D eigenvalue weighted by molar-refractivity contribution is 0.477. The van der Waals surface area contributed by atoms with Gasteiger partial charge in [-0.3, -0.25) is 0 Å². The Balaban J connectivity index is 2.68. The summed E-state index contributed by atoms with van der Waals surface area (Å²) in [5, 5.41) is 18.1. The third-order valence-electron chi connectivity index (χ3n) is 2.00. The largest absolute Gasteiger partial charge is 0.505 e. The van der Waals surface area contributed by atoms with Crippen LogP contribution in [0.2, 0.25) is 0 Å². The fourth-order valence-corrected chi connectivity index (χ4v) is 1.38. The lowest BCUT2D eigenvalue weighted by atomic mass is 10.2. The van der Waals surface area contributed by atoms with Gasteiger partial charge in [-0.25, -0.2) is 0 Å². The molecule has 0 saturated carbocycles. The van der Waals surface area contributed by atoms with Crippen molar-refractivity contribution in [3.05, 3.63) is 36.2 Å². The van der Waals surface area contributed by atoms with Crippen LogP contribution in [0.15, 0.2) is 30.6 Å². The Bertz CT molecular complexity index is 479. The molecule has 1 N–H and O–H groups in total. The average Bonchev–Trinajstić information content (AvgIpc) is 2.46. The standard InChI is InChI=1S/C10H8N2O/c11-5-4-8-7-12-6-2-1-3-9(12)10(8)13/h1-3,6-7,13H,4H2. The monoisotopic (exact) mass is 172 g/mol. The third-order valence-corrected chi connectivity index (χ3v) is 2.00. The molecular weight excluding hydrogens is 164 g/mol. The van der Waals surface area contributed by atoms with Gasteiger partial charge in [-0.1, -0.05) is 6.07 Å². The highest BCUT2D eigenvalue weighted by atomic mass is 16.3. The molecule has 64 valence electrons. The number of nitriles is 1. The van der Waals surface area contributed by atoms with Gasteiger partial charge in [-0.05, 0) is 12.1 Å². The number of nitrogens with zero attached hydrogens (tertiary/aromatic N) is 2. The van der Waals surface area contributed by atoms with Gasteiger partial charge in [0.1, 0.15) is 5.75 Å². The Kier molecular flexibility index (Phi) is 1.67. The molecule has 0 atom stereocenters. The zero-order chi connectivity index (χ0) is 9.26. The number of hydrogen-bond acceptors (Lipinski definition) is 2. The highest BCUT2D eigenvalue weighted by Crippen LogP contribution is 2.25. The number of pyridine rings is 1. The molecule has 2 heterocycles. The second-order valence-corrected chi connectivity index (χ2v) is 2.83. The fraction of sp³-hybridized carbons (Fsp3) is 0.100. The first kappa shape index (κ1) is 7.69. The summed E-state index contributed by atoms with van der Waals surface area (Å²) in [7, 11) is 0. The second kappa shape index (κ2) is 2.83. The molecule has 0 amide bonds. The molecule has 0 radical (unpaired) electrons. The van der Waals surface area contributed by atoms with E-state index in [1.54, 1.807) is 6.20 Å². The summed E-state index contributed by atoms with van der Waals surface area (Å²) in [4.78, 5) is 0. The van der Waals surface area contributed by atoms with Gasteiger partial charge in [0, 0.05) is 18.0 Å². The van der Waals surface area contributed by atoms with E-state index in [4.69, 9.17) is 5.26 Å². The van der Waals surface area contributed by atoms with E-state index in [0.29, 0.717) is 5.56 Å². The van der Waals surface area contributed by atoms with Crippen molar-refractivity contribution in [2.24, 2.45) is 0 Å². The summed E-state index contributed by atoms with van der Waals surface area (Å²) in [5.41, 5.74) is 1.42. The number of rotatable bonds is 1. The Hall–Kier alpha value is -1.95. The van der Waals surface area contributed by atoms with Gasteiger partial charge in [0.05, 0.1) is 18.0 Å². The predicted octanol–water partition coefficient (Wildman–Crippen LogP) is 1.71. The number of fused-ring (bicyclic) bond motifs is 1. The summed E-state index contributed by atoms with van der Waals surface area (Å²) < 4.78 is 1.81. The maximum Gasteiger partial charge on any atom is 0.145 e.